The van der Waals surface area contributed by atoms with Crippen molar-refractivity contribution in [3.8, 4) is 0 Å². The second-order valence-corrected chi connectivity index (χ2v) is 5.28. The molecule has 0 fully saturated rings. The van der Waals surface area contributed by atoms with Gasteiger partial charge in [-0.15, -0.1) is 0 Å². The standard InChI is InChI=1S/C15H16N4O6/c16-4-6-18(8-13(20)15(22)23)14(21)9-17-5-3-10-7-11(19(24)25)1-2-12(10)17/h1-3,5,7H,4,6,8-9,16H2,(H,22,23). The Bertz CT molecular complexity index is 844. The number of benzene rings is 1. The molecule has 1 aromatic carbocycles. The van der Waals surface area contributed by atoms with Gasteiger partial charge in [-0.3, -0.25) is 19.7 Å². The van der Waals surface area contributed by atoms with Gasteiger partial charge in [-0.2, -0.15) is 0 Å². The maximum absolute atomic E-state index is 12.4. The minimum atomic E-state index is -1.62. The van der Waals surface area contributed by atoms with Crippen LogP contribution in [0.1, 0.15) is 0 Å². The zero-order valence-corrected chi connectivity index (χ0v) is 13.1. The maximum Gasteiger partial charge on any atom is 0.374 e. The quantitative estimate of drug-likeness (QED) is 0.387. The first-order valence-corrected chi connectivity index (χ1v) is 7.30. The molecule has 0 aliphatic rings. The summed E-state index contributed by atoms with van der Waals surface area (Å²) in [5.41, 5.74) is 5.95. The topological polar surface area (TPSA) is 149 Å². The highest BCUT2D eigenvalue weighted by atomic mass is 16.6. The van der Waals surface area contributed by atoms with Crippen molar-refractivity contribution < 1.29 is 24.4 Å². The number of hydrogen-bond donors (Lipinski definition) is 2. The molecule has 25 heavy (non-hydrogen) atoms. The third-order valence-corrected chi connectivity index (χ3v) is 3.60. The molecule has 2 rings (SSSR count). The lowest BCUT2D eigenvalue weighted by Crippen LogP contribution is -2.42. The minimum absolute atomic E-state index is 0.0442. The van der Waals surface area contributed by atoms with Crippen LogP contribution < -0.4 is 5.73 Å². The van der Waals surface area contributed by atoms with Gasteiger partial charge in [0.2, 0.25) is 5.91 Å². The molecule has 1 aromatic heterocycles. The number of amides is 1. The molecule has 10 heteroatoms. The van der Waals surface area contributed by atoms with E-state index in [1.165, 1.54) is 18.2 Å². The number of fused-ring (bicyclic) bond motifs is 1. The molecule has 0 aliphatic carbocycles. The number of nitrogens with zero attached hydrogens (tertiary/aromatic N) is 3. The van der Waals surface area contributed by atoms with E-state index in [4.69, 9.17) is 10.8 Å². The molecule has 0 unspecified atom stereocenters. The average molecular weight is 348 g/mol. The van der Waals surface area contributed by atoms with Crippen LogP contribution in [-0.4, -0.2) is 56.8 Å². The van der Waals surface area contributed by atoms with Crippen LogP contribution in [0.4, 0.5) is 5.69 Å². The summed E-state index contributed by atoms with van der Waals surface area (Å²) in [6.45, 7) is -0.579. The SMILES string of the molecule is NCCN(CC(=O)C(=O)O)C(=O)Cn1ccc2cc([N+](=O)[O-])ccc21. The van der Waals surface area contributed by atoms with Crippen molar-refractivity contribution in [3.63, 3.8) is 0 Å². The number of hydrogen-bond acceptors (Lipinski definition) is 6. The normalized spacial score (nSPS) is 10.6. The molecule has 0 spiro atoms. The third kappa shape index (κ3) is 4.18. The Balaban J connectivity index is 2.20. The van der Waals surface area contributed by atoms with E-state index in [1.54, 1.807) is 16.8 Å². The van der Waals surface area contributed by atoms with Gasteiger partial charge in [-0.25, -0.2) is 4.79 Å². The summed E-state index contributed by atoms with van der Waals surface area (Å²) in [5.74, 6) is -3.20. The summed E-state index contributed by atoms with van der Waals surface area (Å²) >= 11 is 0. The average Bonchev–Trinajstić information content (AvgIpc) is 2.96. The zero-order valence-electron chi connectivity index (χ0n) is 13.1. The first-order chi connectivity index (χ1) is 11.8. The molecule has 3 N–H and O–H groups in total. The highest BCUT2D eigenvalue weighted by Gasteiger charge is 2.21. The Morgan fingerprint density at radius 1 is 1.28 bits per heavy atom. The Hall–Kier alpha value is -3.27. The summed E-state index contributed by atoms with van der Waals surface area (Å²) < 4.78 is 1.57. The number of carboxylic acids is 1. The van der Waals surface area contributed by atoms with Crippen molar-refractivity contribution in [2.24, 2.45) is 5.73 Å². The molecule has 0 bridgehead atoms. The van der Waals surface area contributed by atoms with E-state index in [-0.39, 0.29) is 25.3 Å². The molecular formula is C15H16N4O6. The Morgan fingerprint density at radius 3 is 2.60 bits per heavy atom. The predicted molar refractivity (Wildman–Crippen MR) is 86.9 cm³/mol. The van der Waals surface area contributed by atoms with E-state index >= 15 is 0 Å². The Kier molecular flexibility index (Phi) is 5.45. The van der Waals surface area contributed by atoms with Crippen molar-refractivity contribution in [2.75, 3.05) is 19.6 Å². The smallest absolute Gasteiger partial charge is 0.374 e. The molecule has 2 aromatic rings. The van der Waals surface area contributed by atoms with Crippen LogP contribution in [0.2, 0.25) is 0 Å². The first-order valence-electron chi connectivity index (χ1n) is 7.30. The number of rotatable bonds is 8. The van der Waals surface area contributed by atoms with Gasteiger partial charge in [-0.1, -0.05) is 0 Å². The van der Waals surface area contributed by atoms with Gasteiger partial charge >= 0.3 is 5.97 Å². The van der Waals surface area contributed by atoms with E-state index in [1.807, 2.05) is 0 Å². The molecule has 1 amide bonds. The number of aliphatic carboxylic acids is 1. The van der Waals surface area contributed by atoms with Crippen molar-refractivity contribution in [1.29, 1.82) is 0 Å². The van der Waals surface area contributed by atoms with Crippen molar-refractivity contribution >= 4 is 34.3 Å². The second-order valence-electron chi connectivity index (χ2n) is 5.28. The number of carbonyl (C=O) groups is 3. The fourth-order valence-corrected chi connectivity index (χ4v) is 2.37. The highest BCUT2D eigenvalue weighted by molar-refractivity contribution is 6.33. The third-order valence-electron chi connectivity index (χ3n) is 3.60. The summed E-state index contributed by atoms with van der Waals surface area (Å²) in [6, 6.07) is 5.87. The van der Waals surface area contributed by atoms with Crippen LogP contribution in [0.3, 0.4) is 0 Å². The summed E-state index contributed by atoms with van der Waals surface area (Å²) in [6.07, 6.45) is 1.59. The lowest BCUT2D eigenvalue weighted by atomic mass is 10.2. The lowest BCUT2D eigenvalue weighted by Gasteiger charge is -2.21. The number of carbonyl (C=O) groups excluding carboxylic acids is 2. The van der Waals surface area contributed by atoms with Crippen molar-refractivity contribution in [2.45, 2.75) is 6.54 Å². The van der Waals surface area contributed by atoms with Gasteiger partial charge in [0.25, 0.3) is 11.5 Å². The lowest BCUT2D eigenvalue weighted by molar-refractivity contribution is -0.384. The first kappa shape index (κ1) is 18.1. The Morgan fingerprint density at radius 2 is 2.00 bits per heavy atom. The van der Waals surface area contributed by atoms with Crippen LogP contribution in [0.15, 0.2) is 30.5 Å². The Labute approximate surface area is 141 Å². The predicted octanol–water partition coefficient (Wildman–Crippen LogP) is -0.00950. The van der Waals surface area contributed by atoms with Gasteiger partial charge in [0, 0.05) is 42.3 Å². The van der Waals surface area contributed by atoms with Crippen LogP contribution in [0.5, 0.6) is 0 Å². The number of nitrogens with two attached hydrogens (primary N) is 1. The number of nitro benzene ring substituents is 1. The number of nitro groups is 1. The molecule has 0 saturated heterocycles. The van der Waals surface area contributed by atoms with Crippen LogP contribution in [-0.2, 0) is 20.9 Å². The van der Waals surface area contributed by atoms with E-state index in [0.29, 0.717) is 10.9 Å². The number of ketones is 1. The summed E-state index contributed by atoms with van der Waals surface area (Å²) in [5, 5.41) is 20.1. The van der Waals surface area contributed by atoms with E-state index in [9.17, 15) is 24.5 Å². The largest absolute Gasteiger partial charge is 0.475 e. The molecule has 132 valence electrons. The number of non-ortho nitro benzene ring substituents is 1. The van der Waals surface area contributed by atoms with E-state index in [2.05, 4.69) is 0 Å². The maximum atomic E-state index is 12.4. The van der Waals surface area contributed by atoms with Crippen LogP contribution in [0, 0.1) is 10.1 Å². The number of aromatic nitrogens is 1. The summed E-state index contributed by atoms with van der Waals surface area (Å²) in [4.78, 5) is 45.7. The monoisotopic (exact) mass is 348 g/mol. The van der Waals surface area contributed by atoms with E-state index < -0.39 is 29.1 Å². The fraction of sp³-hybridized carbons (Fsp3) is 0.267. The molecular weight excluding hydrogens is 332 g/mol. The number of carboxylic acid groups (broad SMARTS) is 1. The van der Waals surface area contributed by atoms with Crippen LogP contribution in [0.25, 0.3) is 10.9 Å². The van der Waals surface area contributed by atoms with Crippen LogP contribution >= 0.6 is 0 Å². The molecule has 10 nitrogen and oxygen atoms in total. The fourth-order valence-electron chi connectivity index (χ4n) is 2.37. The molecule has 1 heterocycles. The number of Topliss-reactive ketones (excluding diaryl/α,β-unsaturated/α-hetero) is 1. The van der Waals surface area contributed by atoms with Gasteiger partial charge in [-0.05, 0) is 12.1 Å². The molecule has 0 saturated carbocycles. The molecule has 0 radical (unpaired) electrons. The van der Waals surface area contributed by atoms with Crippen molar-refractivity contribution in [1.82, 2.24) is 9.47 Å². The van der Waals surface area contributed by atoms with Gasteiger partial charge in [0.05, 0.1) is 11.5 Å². The molecule has 0 aliphatic heterocycles. The summed E-state index contributed by atoms with van der Waals surface area (Å²) in [7, 11) is 0. The minimum Gasteiger partial charge on any atom is -0.475 e. The van der Waals surface area contributed by atoms with Gasteiger partial charge in [0.15, 0.2) is 0 Å². The molecule has 0 atom stereocenters. The van der Waals surface area contributed by atoms with Crippen molar-refractivity contribution in [3.05, 3.63) is 40.6 Å². The van der Waals surface area contributed by atoms with E-state index in [0.717, 1.165) is 4.90 Å². The zero-order chi connectivity index (χ0) is 18.6. The van der Waals surface area contributed by atoms with Gasteiger partial charge < -0.3 is 20.3 Å². The highest BCUT2D eigenvalue weighted by Crippen LogP contribution is 2.22. The second kappa shape index (κ2) is 7.53. The van der Waals surface area contributed by atoms with Gasteiger partial charge in [0.1, 0.15) is 6.54 Å².